The average molecular weight is 103 g/mol. The number of hydrogen-bond acceptors (Lipinski definition) is 2. The predicted octanol–water partition coefficient (Wildman–Crippen LogP) is -0.252. The van der Waals surface area contributed by atoms with Crippen LogP contribution in [0.2, 0.25) is 0 Å². The lowest BCUT2D eigenvalue weighted by atomic mass is 9.80. The van der Waals surface area contributed by atoms with Gasteiger partial charge in [-0.2, -0.15) is 0 Å². The van der Waals surface area contributed by atoms with Gasteiger partial charge in [0.05, 0.1) is 12.2 Å². The van der Waals surface area contributed by atoms with Crippen molar-refractivity contribution in [3.63, 3.8) is 0 Å². The van der Waals surface area contributed by atoms with Gasteiger partial charge in [0.2, 0.25) is 0 Å². The Bertz CT molecular complexity index is 64.4. The zero-order valence-electron chi connectivity index (χ0n) is 5.20. The first kappa shape index (κ1) is 3.87. The Morgan fingerprint density at radius 2 is 2.00 bits per heavy atom. The Kier molecular flexibility index (Phi) is 0.804. The van der Waals surface area contributed by atoms with E-state index in [1.807, 2.05) is 0 Å². The molecule has 0 bridgehead atoms. The number of hydrogen-bond donors (Lipinski definition) is 2. The third-order valence-corrected chi connectivity index (χ3v) is 1.47. The highest BCUT2D eigenvalue weighted by molar-refractivity contribution is 4.85. The maximum Gasteiger partial charge on any atom is 0.0615 e. The molecule has 0 aromatic carbocycles. The molecular weight excluding hydrogens is 92.1 g/mol. The van der Waals surface area contributed by atoms with Crippen molar-refractivity contribution in [2.24, 2.45) is 5.92 Å². The second kappa shape index (κ2) is 1.46. The molecule has 0 radical (unpaired) electrons. The van der Waals surface area contributed by atoms with Crippen LogP contribution in [0.4, 0.5) is 0 Å². The van der Waals surface area contributed by atoms with Crippen LogP contribution in [0.25, 0.3) is 0 Å². The fraction of sp³-hybridized carbons (Fsp3) is 1.00. The van der Waals surface area contributed by atoms with Gasteiger partial charge in [0.1, 0.15) is 0 Å². The molecule has 2 nitrogen and oxygen atoms in total. The van der Waals surface area contributed by atoms with E-state index in [1.54, 1.807) is 6.92 Å². The minimum Gasteiger partial charge on any atom is -0.393 e. The number of aliphatic hydroxyl groups excluding tert-OH is 2. The molecule has 7 heavy (non-hydrogen) atoms. The fourth-order valence-corrected chi connectivity index (χ4v) is 0.609. The molecule has 1 aliphatic carbocycles. The Morgan fingerprint density at radius 3 is 2.14 bits per heavy atom. The van der Waals surface area contributed by atoms with Crippen molar-refractivity contribution in [3.8, 4) is 0 Å². The van der Waals surface area contributed by atoms with Gasteiger partial charge < -0.3 is 10.2 Å². The summed E-state index contributed by atoms with van der Waals surface area (Å²) in [5.41, 5.74) is 0. The monoisotopic (exact) mass is 103 g/mol. The van der Waals surface area contributed by atoms with E-state index >= 15 is 0 Å². The van der Waals surface area contributed by atoms with E-state index in [0.717, 1.165) is 0 Å². The smallest absolute Gasteiger partial charge is 0.0615 e. The number of rotatable bonds is 0. The number of aliphatic hydroxyl groups is 2. The van der Waals surface area contributed by atoms with E-state index in [-0.39, 0.29) is 5.92 Å². The Hall–Kier alpha value is -0.0800. The summed E-state index contributed by atoms with van der Waals surface area (Å²) >= 11 is 0. The van der Waals surface area contributed by atoms with Crippen molar-refractivity contribution in [1.29, 1.82) is 0 Å². The molecule has 2 heteroatoms. The molecule has 2 N–H and O–H groups in total. The Balaban J connectivity index is 2.42. The molecule has 42 valence electrons. The SMILES string of the molecule is [2H]C1C(O)C(C)C1O. The molecule has 1 fully saturated rings. The topological polar surface area (TPSA) is 40.5 Å². The Labute approximate surface area is 44.2 Å². The lowest BCUT2D eigenvalue weighted by Gasteiger charge is -2.34. The fourth-order valence-electron chi connectivity index (χ4n) is 0.609. The molecule has 0 aromatic rings. The van der Waals surface area contributed by atoms with Crippen LogP contribution < -0.4 is 0 Å². The molecule has 0 spiro atoms. The molecule has 2 atom stereocenters. The van der Waals surface area contributed by atoms with E-state index in [1.165, 1.54) is 0 Å². The lowest BCUT2D eigenvalue weighted by molar-refractivity contribution is -0.0821. The van der Waals surface area contributed by atoms with Crippen molar-refractivity contribution in [2.75, 3.05) is 0 Å². The van der Waals surface area contributed by atoms with Gasteiger partial charge in [-0.3, -0.25) is 0 Å². The summed E-state index contributed by atoms with van der Waals surface area (Å²) in [6.07, 6.45) is -1.88. The van der Waals surface area contributed by atoms with Crippen LogP contribution in [-0.4, -0.2) is 22.4 Å². The van der Waals surface area contributed by atoms with Crippen LogP contribution in [0.15, 0.2) is 0 Å². The van der Waals surface area contributed by atoms with E-state index in [4.69, 9.17) is 11.6 Å². The van der Waals surface area contributed by atoms with Gasteiger partial charge in [0, 0.05) is 7.29 Å². The third kappa shape index (κ3) is 0.640. The quantitative estimate of drug-likeness (QED) is 0.443. The van der Waals surface area contributed by atoms with Crippen LogP contribution in [-0.2, 0) is 0 Å². The first-order chi connectivity index (χ1) is 3.64. The van der Waals surface area contributed by atoms with Crippen molar-refractivity contribution in [2.45, 2.75) is 25.5 Å². The van der Waals surface area contributed by atoms with Gasteiger partial charge in [-0.15, -0.1) is 0 Å². The van der Waals surface area contributed by atoms with Crippen LogP contribution in [0, 0.1) is 5.92 Å². The molecule has 1 saturated carbocycles. The van der Waals surface area contributed by atoms with Crippen LogP contribution in [0.3, 0.4) is 0 Å². The van der Waals surface area contributed by atoms with Crippen molar-refractivity contribution >= 4 is 0 Å². The first-order valence-electron chi connectivity index (χ1n) is 3.00. The molecule has 1 aliphatic rings. The van der Waals surface area contributed by atoms with E-state index in [2.05, 4.69) is 0 Å². The highest BCUT2D eigenvalue weighted by atomic mass is 16.3. The summed E-state index contributed by atoms with van der Waals surface area (Å²) in [5, 5.41) is 17.6. The molecular formula is C5H10O2. The standard InChI is InChI=1S/C5H10O2/c1-3-4(6)2-5(3)7/h3-7H,2H2,1H3/i2D. The van der Waals surface area contributed by atoms with Gasteiger partial charge in [0.15, 0.2) is 0 Å². The summed E-state index contributed by atoms with van der Waals surface area (Å²) in [6.45, 7) is 1.74. The highest BCUT2D eigenvalue weighted by Crippen LogP contribution is 2.26. The molecule has 0 heterocycles. The maximum atomic E-state index is 8.81. The predicted molar refractivity (Wildman–Crippen MR) is 25.8 cm³/mol. The van der Waals surface area contributed by atoms with Crippen molar-refractivity contribution < 1.29 is 11.6 Å². The molecule has 0 aromatic heterocycles. The molecule has 0 amide bonds. The normalized spacial score (nSPS) is 63.6. The minimum absolute atomic E-state index is 0.0995. The summed E-state index contributed by atoms with van der Waals surface area (Å²) in [6, 6.07) is 0. The van der Waals surface area contributed by atoms with Gasteiger partial charge in [-0.05, 0) is 6.40 Å². The lowest BCUT2D eigenvalue weighted by Crippen LogP contribution is -2.43. The highest BCUT2D eigenvalue weighted by Gasteiger charge is 2.34. The zero-order valence-corrected chi connectivity index (χ0v) is 4.20. The van der Waals surface area contributed by atoms with Gasteiger partial charge in [0.25, 0.3) is 0 Å². The first-order valence-corrected chi connectivity index (χ1v) is 2.43. The third-order valence-electron chi connectivity index (χ3n) is 1.47. The second-order valence-electron chi connectivity index (χ2n) is 2.03. The Morgan fingerprint density at radius 1 is 1.57 bits per heavy atom. The largest absolute Gasteiger partial charge is 0.393 e. The van der Waals surface area contributed by atoms with Gasteiger partial charge in [-0.25, -0.2) is 0 Å². The van der Waals surface area contributed by atoms with Gasteiger partial charge in [-0.1, -0.05) is 6.92 Å². The van der Waals surface area contributed by atoms with E-state index < -0.39 is 18.6 Å². The summed E-state index contributed by atoms with van der Waals surface area (Å²) < 4.78 is 6.96. The van der Waals surface area contributed by atoms with Crippen molar-refractivity contribution in [3.05, 3.63) is 0 Å². The van der Waals surface area contributed by atoms with Crippen LogP contribution in [0.5, 0.6) is 0 Å². The summed E-state index contributed by atoms with van der Waals surface area (Å²) in [4.78, 5) is 0. The maximum absolute atomic E-state index is 8.81. The molecule has 0 saturated heterocycles. The van der Waals surface area contributed by atoms with E-state index in [0.29, 0.717) is 0 Å². The second-order valence-corrected chi connectivity index (χ2v) is 2.03. The van der Waals surface area contributed by atoms with Crippen LogP contribution >= 0.6 is 0 Å². The van der Waals surface area contributed by atoms with E-state index in [9.17, 15) is 0 Å². The summed E-state index contributed by atoms with van der Waals surface area (Å²) in [5.74, 6) is -0.0995. The molecule has 2 unspecified atom stereocenters. The van der Waals surface area contributed by atoms with Gasteiger partial charge >= 0.3 is 0 Å². The minimum atomic E-state index is -0.662. The molecule has 1 rings (SSSR count). The van der Waals surface area contributed by atoms with Crippen LogP contribution in [0.1, 0.15) is 14.7 Å². The average Bonchev–Trinajstić information content (AvgIpc) is 1.83. The van der Waals surface area contributed by atoms with Crippen molar-refractivity contribution in [1.82, 2.24) is 0 Å². The molecule has 0 aliphatic heterocycles. The summed E-state index contributed by atoms with van der Waals surface area (Å²) in [7, 11) is 0. The zero-order chi connectivity index (χ0) is 6.31.